The molecule has 4 rings (SSSR count). The first-order valence-corrected chi connectivity index (χ1v) is 10.1. The van der Waals surface area contributed by atoms with Gasteiger partial charge in [0, 0.05) is 31.7 Å². The largest absolute Gasteiger partial charge is 0.379 e. The van der Waals surface area contributed by atoms with Crippen molar-refractivity contribution in [1.82, 2.24) is 10.2 Å². The molecule has 0 aromatic heterocycles. The molecule has 3 aromatic rings. The molecule has 0 aliphatic carbocycles. The lowest BCUT2D eigenvalue weighted by Crippen LogP contribution is -2.35. The van der Waals surface area contributed by atoms with Gasteiger partial charge in [0.2, 0.25) is 0 Å². The number of amides is 1. The second-order valence-electron chi connectivity index (χ2n) is 7.33. The minimum Gasteiger partial charge on any atom is -0.379 e. The standard InChI is InChI=1S/C25H26N2O2/c28-25(24-11-9-23(10-12-24)22-7-2-1-3-8-22)26-18-20-5-4-6-21(17-20)19-27-13-15-29-16-14-27/h1-12,17H,13-16,18-19H2,(H,26,28). The highest BCUT2D eigenvalue weighted by atomic mass is 16.5. The van der Waals surface area contributed by atoms with E-state index in [1.807, 2.05) is 42.5 Å². The van der Waals surface area contributed by atoms with Crippen molar-refractivity contribution >= 4 is 5.91 Å². The molecule has 0 radical (unpaired) electrons. The summed E-state index contributed by atoms with van der Waals surface area (Å²) in [5.74, 6) is -0.0526. The molecule has 0 unspecified atom stereocenters. The van der Waals surface area contributed by atoms with Crippen LogP contribution in [0.2, 0.25) is 0 Å². The van der Waals surface area contributed by atoms with Crippen molar-refractivity contribution in [2.75, 3.05) is 26.3 Å². The van der Waals surface area contributed by atoms with E-state index in [4.69, 9.17) is 4.74 Å². The van der Waals surface area contributed by atoms with Gasteiger partial charge in [0.1, 0.15) is 0 Å². The maximum absolute atomic E-state index is 12.5. The molecule has 3 aromatic carbocycles. The highest BCUT2D eigenvalue weighted by Crippen LogP contribution is 2.19. The van der Waals surface area contributed by atoms with E-state index < -0.39 is 0 Å². The highest BCUT2D eigenvalue weighted by molar-refractivity contribution is 5.94. The summed E-state index contributed by atoms with van der Waals surface area (Å²) in [6.45, 7) is 5.00. The van der Waals surface area contributed by atoms with Crippen LogP contribution in [0.1, 0.15) is 21.5 Å². The van der Waals surface area contributed by atoms with E-state index in [1.165, 1.54) is 5.56 Å². The minimum atomic E-state index is -0.0526. The number of hydrogen-bond donors (Lipinski definition) is 1. The topological polar surface area (TPSA) is 41.6 Å². The Morgan fingerprint density at radius 2 is 1.52 bits per heavy atom. The number of benzene rings is 3. The molecule has 0 saturated carbocycles. The number of hydrogen-bond acceptors (Lipinski definition) is 3. The smallest absolute Gasteiger partial charge is 0.251 e. The van der Waals surface area contributed by atoms with Gasteiger partial charge >= 0.3 is 0 Å². The van der Waals surface area contributed by atoms with Crippen LogP contribution in [0.25, 0.3) is 11.1 Å². The fourth-order valence-corrected chi connectivity index (χ4v) is 3.58. The Balaban J connectivity index is 1.34. The lowest BCUT2D eigenvalue weighted by atomic mass is 10.0. The normalized spacial score (nSPS) is 14.5. The Labute approximate surface area is 172 Å². The summed E-state index contributed by atoms with van der Waals surface area (Å²) in [5.41, 5.74) is 5.32. The summed E-state index contributed by atoms with van der Waals surface area (Å²) < 4.78 is 5.41. The van der Waals surface area contributed by atoms with Crippen LogP contribution in [0, 0.1) is 0 Å². The zero-order chi connectivity index (χ0) is 19.9. The van der Waals surface area contributed by atoms with Gasteiger partial charge in [-0.3, -0.25) is 9.69 Å². The monoisotopic (exact) mass is 386 g/mol. The Morgan fingerprint density at radius 3 is 2.28 bits per heavy atom. The molecule has 1 aliphatic rings. The van der Waals surface area contributed by atoms with Crippen LogP contribution in [0.4, 0.5) is 0 Å². The Hall–Kier alpha value is -2.95. The minimum absolute atomic E-state index is 0.0526. The fraction of sp³-hybridized carbons (Fsp3) is 0.240. The molecular weight excluding hydrogens is 360 g/mol. The van der Waals surface area contributed by atoms with Gasteiger partial charge in [-0.25, -0.2) is 0 Å². The van der Waals surface area contributed by atoms with Gasteiger partial charge in [-0.05, 0) is 34.4 Å². The van der Waals surface area contributed by atoms with Gasteiger partial charge in [0.25, 0.3) is 5.91 Å². The number of rotatable bonds is 6. The van der Waals surface area contributed by atoms with Crippen molar-refractivity contribution in [1.29, 1.82) is 0 Å². The second kappa shape index (κ2) is 9.50. The molecule has 148 valence electrons. The summed E-state index contributed by atoms with van der Waals surface area (Å²) in [6, 6.07) is 26.4. The summed E-state index contributed by atoms with van der Waals surface area (Å²) in [6.07, 6.45) is 0. The molecule has 0 atom stereocenters. The third-order valence-corrected chi connectivity index (χ3v) is 5.21. The molecule has 1 heterocycles. The first-order valence-electron chi connectivity index (χ1n) is 10.1. The van der Waals surface area contributed by atoms with E-state index in [1.54, 1.807) is 0 Å². The van der Waals surface area contributed by atoms with Crippen molar-refractivity contribution in [2.45, 2.75) is 13.1 Å². The first kappa shape index (κ1) is 19.4. The first-order chi connectivity index (χ1) is 14.3. The number of morpholine rings is 1. The molecule has 1 saturated heterocycles. The molecule has 29 heavy (non-hydrogen) atoms. The summed E-state index contributed by atoms with van der Waals surface area (Å²) >= 11 is 0. The van der Waals surface area contributed by atoms with Gasteiger partial charge in [0.15, 0.2) is 0 Å². The van der Waals surface area contributed by atoms with E-state index in [2.05, 4.69) is 46.6 Å². The van der Waals surface area contributed by atoms with Gasteiger partial charge < -0.3 is 10.1 Å². The van der Waals surface area contributed by atoms with E-state index >= 15 is 0 Å². The summed E-state index contributed by atoms with van der Waals surface area (Å²) in [4.78, 5) is 14.9. The van der Waals surface area contributed by atoms with E-state index in [-0.39, 0.29) is 5.91 Å². The van der Waals surface area contributed by atoms with Crippen LogP contribution in [0.15, 0.2) is 78.9 Å². The Morgan fingerprint density at radius 1 is 0.828 bits per heavy atom. The van der Waals surface area contributed by atoms with Crippen LogP contribution in [-0.2, 0) is 17.8 Å². The average molecular weight is 386 g/mol. The molecule has 4 heteroatoms. The molecule has 1 N–H and O–H groups in total. The predicted octanol–water partition coefficient (Wildman–Crippen LogP) is 4.12. The second-order valence-corrected chi connectivity index (χ2v) is 7.33. The lowest BCUT2D eigenvalue weighted by Gasteiger charge is -2.26. The van der Waals surface area contributed by atoms with Gasteiger partial charge in [0.05, 0.1) is 13.2 Å². The van der Waals surface area contributed by atoms with Gasteiger partial charge in [-0.15, -0.1) is 0 Å². The van der Waals surface area contributed by atoms with Gasteiger partial charge in [-0.2, -0.15) is 0 Å². The zero-order valence-electron chi connectivity index (χ0n) is 16.5. The summed E-state index contributed by atoms with van der Waals surface area (Å²) in [7, 11) is 0. The average Bonchev–Trinajstić information content (AvgIpc) is 2.79. The Bertz CT molecular complexity index is 933. The lowest BCUT2D eigenvalue weighted by molar-refractivity contribution is 0.0342. The van der Waals surface area contributed by atoms with Crippen molar-refractivity contribution in [3.05, 3.63) is 95.6 Å². The molecule has 0 spiro atoms. The number of nitrogens with one attached hydrogen (secondary N) is 1. The van der Waals surface area contributed by atoms with E-state index in [0.29, 0.717) is 12.1 Å². The molecule has 1 fully saturated rings. The van der Waals surface area contributed by atoms with E-state index in [0.717, 1.165) is 49.5 Å². The van der Waals surface area contributed by atoms with Crippen LogP contribution >= 0.6 is 0 Å². The van der Waals surface area contributed by atoms with Crippen LogP contribution in [0.3, 0.4) is 0 Å². The quantitative estimate of drug-likeness (QED) is 0.693. The van der Waals surface area contributed by atoms with Crippen LogP contribution in [-0.4, -0.2) is 37.1 Å². The molecule has 0 bridgehead atoms. The maximum atomic E-state index is 12.5. The number of carbonyl (C=O) groups is 1. The zero-order valence-corrected chi connectivity index (χ0v) is 16.5. The fourth-order valence-electron chi connectivity index (χ4n) is 3.58. The third kappa shape index (κ3) is 5.31. The molecule has 1 amide bonds. The summed E-state index contributed by atoms with van der Waals surface area (Å²) in [5, 5.41) is 3.03. The Kier molecular flexibility index (Phi) is 6.35. The number of carbonyl (C=O) groups excluding carboxylic acids is 1. The molecule has 4 nitrogen and oxygen atoms in total. The van der Waals surface area contributed by atoms with Crippen molar-refractivity contribution < 1.29 is 9.53 Å². The third-order valence-electron chi connectivity index (χ3n) is 5.21. The van der Waals surface area contributed by atoms with Gasteiger partial charge in [-0.1, -0.05) is 66.7 Å². The van der Waals surface area contributed by atoms with Crippen molar-refractivity contribution in [3.63, 3.8) is 0 Å². The van der Waals surface area contributed by atoms with Crippen LogP contribution < -0.4 is 5.32 Å². The molecular formula is C25H26N2O2. The van der Waals surface area contributed by atoms with Crippen molar-refractivity contribution in [3.8, 4) is 11.1 Å². The maximum Gasteiger partial charge on any atom is 0.251 e. The van der Waals surface area contributed by atoms with E-state index in [9.17, 15) is 4.79 Å². The SMILES string of the molecule is O=C(NCc1cccc(CN2CCOCC2)c1)c1ccc(-c2ccccc2)cc1. The molecule has 1 aliphatic heterocycles. The van der Waals surface area contributed by atoms with Crippen molar-refractivity contribution in [2.24, 2.45) is 0 Å². The highest BCUT2D eigenvalue weighted by Gasteiger charge is 2.11. The number of nitrogens with zero attached hydrogens (tertiary/aromatic N) is 1. The predicted molar refractivity (Wildman–Crippen MR) is 116 cm³/mol. The number of ether oxygens (including phenoxy) is 1. The van der Waals surface area contributed by atoms with Crippen LogP contribution in [0.5, 0.6) is 0 Å².